The average molecular weight is 249 g/mol. The van der Waals surface area contributed by atoms with Gasteiger partial charge in [-0.15, -0.1) is 0 Å². The normalized spacial score (nSPS) is 11.3. The molecule has 0 amide bonds. The van der Waals surface area contributed by atoms with Crippen LogP contribution in [-0.2, 0) is 4.79 Å². The highest BCUT2D eigenvalue weighted by Crippen LogP contribution is 2.40. The number of nitrogens with zero attached hydrogens (tertiary/aromatic N) is 1. The molecule has 5 heteroatoms. The van der Waals surface area contributed by atoms with E-state index in [-0.39, 0.29) is 5.78 Å². The molecule has 0 N–H and O–H groups in total. The van der Waals surface area contributed by atoms with E-state index < -0.39 is 5.92 Å². The van der Waals surface area contributed by atoms with Gasteiger partial charge in [-0.2, -0.15) is 5.26 Å². The predicted octanol–water partition coefficient (Wildman–Crippen LogP) is 1.91. The molecule has 1 rings (SSSR count). The minimum Gasteiger partial charge on any atom is -0.493 e. The van der Waals surface area contributed by atoms with Crippen LogP contribution >= 0.6 is 0 Å². The molecule has 0 fully saturated rings. The molecule has 1 atom stereocenters. The van der Waals surface area contributed by atoms with Gasteiger partial charge in [-0.25, -0.2) is 0 Å². The van der Waals surface area contributed by atoms with Crippen molar-refractivity contribution in [2.75, 3.05) is 21.3 Å². The van der Waals surface area contributed by atoms with E-state index >= 15 is 0 Å². The van der Waals surface area contributed by atoms with Gasteiger partial charge in [0, 0.05) is 0 Å². The first kappa shape index (κ1) is 13.8. The van der Waals surface area contributed by atoms with E-state index in [4.69, 9.17) is 19.5 Å². The number of rotatable bonds is 5. The maximum absolute atomic E-state index is 11.4. The second-order valence-corrected chi connectivity index (χ2v) is 3.63. The summed E-state index contributed by atoms with van der Waals surface area (Å²) in [7, 11) is 4.46. The summed E-state index contributed by atoms with van der Waals surface area (Å²) < 4.78 is 15.5. The summed E-state index contributed by atoms with van der Waals surface area (Å²) in [5.41, 5.74) is 0.527. The third kappa shape index (κ3) is 2.54. The molecule has 1 unspecified atom stereocenters. The van der Waals surface area contributed by atoms with Crippen LogP contribution in [0.15, 0.2) is 12.1 Å². The fraction of sp³-hybridized carbons (Fsp3) is 0.385. The van der Waals surface area contributed by atoms with E-state index in [1.807, 2.05) is 6.07 Å². The second kappa shape index (κ2) is 5.92. The summed E-state index contributed by atoms with van der Waals surface area (Å²) in [6.07, 6.45) is 0. The Kier molecular flexibility index (Phi) is 4.55. The summed E-state index contributed by atoms with van der Waals surface area (Å²) in [4.78, 5) is 11.4. The highest BCUT2D eigenvalue weighted by Gasteiger charge is 2.21. The van der Waals surface area contributed by atoms with E-state index in [1.165, 1.54) is 28.3 Å². The molecular weight excluding hydrogens is 234 g/mol. The van der Waals surface area contributed by atoms with Crippen molar-refractivity contribution in [1.29, 1.82) is 5.26 Å². The van der Waals surface area contributed by atoms with Crippen LogP contribution in [-0.4, -0.2) is 27.1 Å². The van der Waals surface area contributed by atoms with Gasteiger partial charge in [-0.1, -0.05) is 0 Å². The van der Waals surface area contributed by atoms with Crippen LogP contribution in [0, 0.1) is 11.3 Å². The van der Waals surface area contributed by atoms with E-state index in [9.17, 15) is 4.79 Å². The van der Waals surface area contributed by atoms with Crippen LogP contribution < -0.4 is 14.2 Å². The zero-order valence-electron chi connectivity index (χ0n) is 10.8. The third-order valence-electron chi connectivity index (χ3n) is 2.56. The van der Waals surface area contributed by atoms with Crippen LogP contribution in [0.2, 0.25) is 0 Å². The van der Waals surface area contributed by atoms with Crippen LogP contribution in [0.5, 0.6) is 17.2 Å². The molecule has 0 saturated heterocycles. The number of Topliss-reactive ketones (excluding diaryl/α,β-unsaturated/α-hetero) is 1. The quantitative estimate of drug-likeness (QED) is 0.797. The Balaban J connectivity index is 3.40. The van der Waals surface area contributed by atoms with Gasteiger partial charge in [-0.3, -0.25) is 4.79 Å². The standard InChI is InChI=1S/C13H15NO4/c1-8(15)10(7-14)9-5-11(16-2)13(18-4)12(6-9)17-3/h5-6,10H,1-4H3. The van der Waals surface area contributed by atoms with E-state index in [0.717, 1.165) is 0 Å². The number of hydrogen-bond donors (Lipinski definition) is 0. The molecule has 0 bridgehead atoms. The van der Waals surface area contributed by atoms with Gasteiger partial charge in [-0.05, 0) is 24.6 Å². The molecule has 18 heavy (non-hydrogen) atoms. The van der Waals surface area contributed by atoms with Gasteiger partial charge in [0.2, 0.25) is 5.75 Å². The highest BCUT2D eigenvalue weighted by molar-refractivity contribution is 5.86. The van der Waals surface area contributed by atoms with Crippen LogP contribution in [0.25, 0.3) is 0 Å². The average Bonchev–Trinajstić information content (AvgIpc) is 2.37. The van der Waals surface area contributed by atoms with Crippen LogP contribution in [0.4, 0.5) is 0 Å². The Morgan fingerprint density at radius 3 is 1.94 bits per heavy atom. The molecule has 0 aromatic heterocycles. The highest BCUT2D eigenvalue weighted by atomic mass is 16.5. The Morgan fingerprint density at radius 2 is 1.67 bits per heavy atom. The molecule has 0 saturated carbocycles. The van der Waals surface area contributed by atoms with E-state index in [0.29, 0.717) is 22.8 Å². The van der Waals surface area contributed by atoms with Crippen molar-refractivity contribution in [3.05, 3.63) is 17.7 Å². The lowest BCUT2D eigenvalue weighted by Crippen LogP contribution is -2.07. The molecule has 1 aromatic rings. The molecule has 5 nitrogen and oxygen atoms in total. The zero-order chi connectivity index (χ0) is 13.7. The molecule has 0 aliphatic carbocycles. The molecular formula is C13H15NO4. The lowest BCUT2D eigenvalue weighted by Gasteiger charge is -2.15. The van der Waals surface area contributed by atoms with Crippen molar-refractivity contribution in [2.45, 2.75) is 12.8 Å². The first-order valence-electron chi connectivity index (χ1n) is 5.29. The number of carbonyl (C=O) groups excluding carboxylic acids is 1. The molecule has 1 aromatic carbocycles. The molecule has 0 heterocycles. The zero-order valence-corrected chi connectivity index (χ0v) is 10.8. The Morgan fingerprint density at radius 1 is 1.17 bits per heavy atom. The fourth-order valence-electron chi connectivity index (χ4n) is 1.67. The number of benzene rings is 1. The van der Waals surface area contributed by atoms with Gasteiger partial charge >= 0.3 is 0 Å². The Bertz CT molecular complexity index is 465. The number of ketones is 1. The van der Waals surface area contributed by atoms with Crippen molar-refractivity contribution < 1.29 is 19.0 Å². The maximum atomic E-state index is 11.4. The Labute approximate surface area is 106 Å². The summed E-state index contributed by atoms with van der Waals surface area (Å²) in [6, 6.07) is 5.17. The van der Waals surface area contributed by atoms with E-state index in [2.05, 4.69) is 0 Å². The van der Waals surface area contributed by atoms with Crippen molar-refractivity contribution >= 4 is 5.78 Å². The smallest absolute Gasteiger partial charge is 0.203 e. The number of nitriles is 1. The monoisotopic (exact) mass is 249 g/mol. The minimum absolute atomic E-state index is 0.230. The van der Waals surface area contributed by atoms with Gasteiger partial charge in [0.1, 0.15) is 5.92 Å². The number of carbonyl (C=O) groups is 1. The SMILES string of the molecule is COc1cc(C(C#N)C(C)=O)cc(OC)c1OC. The fourth-order valence-corrected chi connectivity index (χ4v) is 1.67. The largest absolute Gasteiger partial charge is 0.493 e. The number of ether oxygens (including phenoxy) is 3. The summed E-state index contributed by atoms with van der Waals surface area (Å²) in [5.74, 6) is 0.219. The minimum atomic E-state index is -0.835. The number of hydrogen-bond acceptors (Lipinski definition) is 5. The molecule has 0 radical (unpaired) electrons. The molecule has 0 spiro atoms. The van der Waals surface area contributed by atoms with Gasteiger partial charge < -0.3 is 14.2 Å². The third-order valence-corrected chi connectivity index (χ3v) is 2.56. The molecule has 0 aliphatic rings. The van der Waals surface area contributed by atoms with Crippen LogP contribution in [0.3, 0.4) is 0 Å². The van der Waals surface area contributed by atoms with Gasteiger partial charge in [0.15, 0.2) is 17.3 Å². The first-order valence-corrected chi connectivity index (χ1v) is 5.29. The number of methoxy groups -OCH3 is 3. The topological polar surface area (TPSA) is 68.5 Å². The van der Waals surface area contributed by atoms with Crippen LogP contribution in [0.1, 0.15) is 18.4 Å². The molecule has 96 valence electrons. The van der Waals surface area contributed by atoms with Crippen molar-refractivity contribution in [1.82, 2.24) is 0 Å². The second-order valence-electron chi connectivity index (χ2n) is 3.63. The first-order chi connectivity index (χ1) is 8.58. The summed E-state index contributed by atoms with van der Waals surface area (Å²) in [5, 5.41) is 9.02. The maximum Gasteiger partial charge on any atom is 0.203 e. The van der Waals surface area contributed by atoms with Crippen molar-refractivity contribution in [3.63, 3.8) is 0 Å². The van der Waals surface area contributed by atoms with E-state index in [1.54, 1.807) is 12.1 Å². The lowest BCUT2D eigenvalue weighted by molar-refractivity contribution is -0.117. The van der Waals surface area contributed by atoms with Crippen molar-refractivity contribution in [3.8, 4) is 23.3 Å². The van der Waals surface area contributed by atoms with Crippen molar-refractivity contribution in [2.24, 2.45) is 0 Å². The molecule has 0 aliphatic heterocycles. The Hall–Kier alpha value is -2.22. The summed E-state index contributed by atoms with van der Waals surface area (Å²) in [6.45, 7) is 1.37. The van der Waals surface area contributed by atoms with Gasteiger partial charge in [0.05, 0.1) is 27.4 Å². The predicted molar refractivity (Wildman–Crippen MR) is 65.1 cm³/mol. The summed E-state index contributed by atoms with van der Waals surface area (Å²) >= 11 is 0. The lowest BCUT2D eigenvalue weighted by atomic mass is 9.96. The van der Waals surface area contributed by atoms with Gasteiger partial charge in [0.25, 0.3) is 0 Å².